The largest absolute Gasteiger partial charge is 0.378 e. The minimum Gasteiger partial charge on any atom is -0.378 e. The van der Waals surface area contributed by atoms with Crippen molar-refractivity contribution in [2.75, 3.05) is 49.0 Å². The first-order valence-electron chi connectivity index (χ1n) is 7.70. The molecule has 0 aromatic heterocycles. The van der Waals surface area contributed by atoms with Gasteiger partial charge in [0.1, 0.15) is 0 Å². The van der Waals surface area contributed by atoms with Crippen LogP contribution in [0.2, 0.25) is 0 Å². The number of carbonyl (C=O) groups is 1. The molecule has 23 heavy (non-hydrogen) atoms. The first-order chi connectivity index (χ1) is 11.1. The molecule has 0 aliphatic carbocycles. The summed E-state index contributed by atoms with van der Waals surface area (Å²) in [5, 5.41) is 0. The van der Waals surface area contributed by atoms with E-state index in [1.54, 1.807) is 17.0 Å². The van der Waals surface area contributed by atoms with Crippen molar-refractivity contribution in [2.45, 2.75) is 13.8 Å². The number of nitrogens with zero attached hydrogens (tertiary/aromatic N) is 2. The Hall–Kier alpha value is -1.64. The van der Waals surface area contributed by atoms with Gasteiger partial charge in [0, 0.05) is 37.6 Å². The van der Waals surface area contributed by atoms with Crippen molar-refractivity contribution in [1.29, 1.82) is 0 Å². The van der Waals surface area contributed by atoms with E-state index >= 15 is 0 Å². The van der Waals surface area contributed by atoms with Gasteiger partial charge >= 0.3 is 0 Å². The fraction of sp³-hybridized carbons (Fsp3) is 0.533. The molecule has 1 heterocycles. The third kappa shape index (κ3) is 4.43. The van der Waals surface area contributed by atoms with Crippen LogP contribution in [0.4, 0.5) is 11.4 Å². The van der Waals surface area contributed by atoms with Crippen molar-refractivity contribution < 1.29 is 18.3 Å². The van der Waals surface area contributed by atoms with E-state index < -0.39 is 11.3 Å². The summed E-state index contributed by atoms with van der Waals surface area (Å²) in [5.74, 6) is -0.0798. The molecule has 1 unspecified atom stereocenters. The fourth-order valence-electron chi connectivity index (χ4n) is 2.63. The van der Waals surface area contributed by atoms with Gasteiger partial charge in [-0.1, -0.05) is 0 Å². The van der Waals surface area contributed by atoms with E-state index in [2.05, 4.69) is 9.62 Å². The van der Waals surface area contributed by atoms with E-state index in [-0.39, 0.29) is 5.91 Å². The number of nitrogens with one attached hydrogen (secondary N) is 1. The average molecular weight is 341 g/mol. The highest BCUT2D eigenvalue weighted by atomic mass is 32.2. The number of hydrogen-bond donors (Lipinski definition) is 2. The number of morpholine rings is 1. The van der Waals surface area contributed by atoms with Gasteiger partial charge in [-0.2, -0.15) is 0 Å². The lowest BCUT2D eigenvalue weighted by molar-refractivity contribution is 0.0772. The topological polar surface area (TPSA) is 82.1 Å². The SMILES string of the molecule is CCN(CC)C(=O)c1cc(NS(=O)O)ccc1N1CCOCC1. The maximum Gasteiger partial charge on any atom is 0.259 e. The molecule has 2 rings (SSSR count). The van der Waals surface area contributed by atoms with Crippen LogP contribution in [0.3, 0.4) is 0 Å². The predicted octanol–water partition coefficient (Wildman–Crippen LogP) is 1.55. The number of amides is 1. The molecule has 128 valence electrons. The molecule has 1 aromatic carbocycles. The number of benzene rings is 1. The van der Waals surface area contributed by atoms with Gasteiger partial charge in [0.15, 0.2) is 0 Å². The van der Waals surface area contributed by atoms with Crippen LogP contribution in [-0.4, -0.2) is 59.0 Å². The second kappa shape index (κ2) is 8.28. The predicted molar refractivity (Wildman–Crippen MR) is 91.1 cm³/mol. The molecule has 2 N–H and O–H groups in total. The van der Waals surface area contributed by atoms with E-state index in [1.807, 2.05) is 19.9 Å². The van der Waals surface area contributed by atoms with E-state index in [4.69, 9.17) is 9.29 Å². The molecule has 1 aromatic rings. The van der Waals surface area contributed by atoms with Crippen molar-refractivity contribution in [3.05, 3.63) is 23.8 Å². The van der Waals surface area contributed by atoms with Gasteiger partial charge in [-0.15, -0.1) is 0 Å². The normalized spacial score (nSPS) is 16.0. The molecule has 0 bridgehead atoms. The van der Waals surface area contributed by atoms with Crippen molar-refractivity contribution in [3.8, 4) is 0 Å². The molecular weight excluding hydrogens is 318 g/mol. The zero-order chi connectivity index (χ0) is 16.8. The first-order valence-corrected chi connectivity index (χ1v) is 8.81. The average Bonchev–Trinajstić information content (AvgIpc) is 2.56. The Morgan fingerprint density at radius 3 is 2.57 bits per heavy atom. The van der Waals surface area contributed by atoms with Crippen LogP contribution < -0.4 is 9.62 Å². The molecule has 0 radical (unpaired) electrons. The van der Waals surface area contributed by atoms with Gasteiger partial charge < -0.3 is 14.5 Å². The van der Waals surface area contributed by atoms with Crippen molar-refractivity contribution in [1.82, 2.24) is 4.90 Å². The maximum absolute atomic E-state index is 12.8. The molecule has 1 amide bonds. The number of carbonyl (C=O) groups excluding carboxylic acids is 1. The molecule has 1 atom stereocenters. The van der Waals surface area contributed by atoms with Crippen LogP contribution in [0.5, 0.6) is 0 Å². The quantitative estimate of drug-likeness (QED) is 0.767. The standard InChI is InChI=1S/C15H23N3O4S/c1-3-17(4-2)15(19)13-11-12(16-23(20)21)5-6-14(13)18-7-9-22-10-8-18/h5-6,11,16H,3-4,7-10H2,1-2H3,(H,20,21). The van der Waals surface area contributed by atoms with Crippen LogP contribution in [0.25, 0.3) is 0 Å². The molecule has 0 saturated carbocycles. The van der Waals surface area contributed by atoms with E-state index in [0.29, 0.717) is 37.6 Å². The highest BCUT2D eigenvalue weighted by molar-refractivity contribution is 7.80. The molecule has 0 spiro atoms. The van der Waals surface area contributed by atoms with Crippen LogP contribution in [0, 0.1) is 0 Å². The molecule has 7 nitrogen and oxygen atoms in total. The number of hydrogen-bond acceptors (Lipinski definition) is 4. The molecular formula is C15H23N3O4S. The van der Waals surface area contributed by atoms with E-state index in [9.17, 15) is 9.00 Å². The van der Waals surface area contributed by atoms with Crippen molar-refractivity contribution >= 4 is 28.5 Å². The third-order valence-corrected chi connectivity index (χ3v) is 4.24. The highest BCUT2D eigenvalue weighted by Gasteiger charge is 2.22. The Balaban J connectivity index is 2.39. The number of rotatable bonds is 6. The lowest BCUT2D eigenvalue weighted by Gasteiger charge is -2.31. The Morgan fingerprint density at radius 2 is 2.00 bits per heavy atom. The van der Waals surface area contributed by atoms with Crippen LogP contribution in [0.15, 0.2) is 18.2 Å². The van der Waals surface area contributed by atoms with Crippen LogP contribution in [-0.2, 0) is 16.0 Å². The first kappa shape index (κ1) is 17.7. The molecule has 1 aliphatic rings. The summed E-state index contributed by atoms with van der Waals surface area (Å²) in [6.07, 6.45) is 0. The maximum atomic E-state index is 12.8. The smallest absolute Gasteiger partial charge is 0.259 e. The zero-order valence-electron chi connectivity index (χ0n) is 13.4. The Kier molecular flexibility index (Phi) is 6.37. The second-order valence-electron chi connectivity index (χ2n) is 5.16. The molecule has 8 heteroatoms. The zero-order valence-corrected chi connectivity index (χ0v) is 14.3. The molecule has 1 fully saturated rings. The van der Waals surface area contributed by atoms with E-state index in [0.717, 1.165) is 18.8 Å². The van der Waals surface area contributed by atoms with Gasteiger partial charge in [0.2, 0.25) is 0 Å². The van der Waals surface area contributed by atoms with E-state index in [1.165, 1.54) is 0 Å². The molecule has 1 aliphatic heterocycles. The van der Waals surface area contributed by atoms with Gasteiger partial charge in [0.05, 0.1) is 18.8 Å². The molecule has 1 saturated heterocycles. The minimum atomic E-state index is -2.17. The summed E-state index contributed by atoms with van der Waals surface area (Å²) in [6, 6.07) is 5.16. The van der Waals surface area contributed by atoms with Crippen molar-refractivity contribution in [3.63, 3.8) is 0 Å². The van der Waals surface area contributed by atoms with Gasteiger partial charge in [0.25, 0.3) is 17.2 Å². The van der Waals surface area contributed by atoms with Gasteiger partial charge in [-0.3, -0.25) is 14.1 Å². The van der Waals surface area contributed by atoms with Crippen molar-refractivity contribution in [2.24, 2.45) is 0 Å². The summed E-state index contributed by atoms with van der Waals surface area (Å²) in [7, 11) is 0. The van der Waals surface area contributed by atoms with Gasteiger partial charge in [-0.25, -0.2) is 4.21 Å². The summed E-state index contributed by atoms with van der Waals surface area (Å²) in [4.78, 5) is 16.7. The second-order valence-corrected chi connectivity index (χ2v) is 5.86. The summed E-state index contributed by atoms with van der Waals surface area (Å²) in [5.41, 5.74) is 1.81. The van der Waals surface area contributed by atoms with Crippen LogP contribution >= 0.6 is 0 Å². The fourth-order valence-corrected chi connectivity index (χ4v) is 2.96. The summed E-state index contributed by atoms with van der Waals surface area (Å²) < 4.78 is 27.7. The Bertz CT molecular complexity index is 572. The summed E-state index contributed by atoms with van der Waals surface area (Å²) >= 11 is -2.17. The number of anilines is 2. The Morgan fingerprint density at radius 1 is 1.35 bits per heavy atom. The lowest BCUT2D eigenvalue weighted by Crippen LogP contribution is -2.38. The van der Waals surface area contributed by atoms with Crippen LogP contribution in [0.1, 0.15) is 24.2 Å². The Labute approximate surface area is 139 Å². The lowest BCUT2D eigenvalue weighted by atomic mass is 10.1. The monoisotopic (exact) mass is 341 g/mol. The minimum absolute atomic E-state index is 0.0798. The van der Waals surface area contributed by atoms with Gasteiger partial charge in [-0.05, 0) is 32.0 Å². The third-order valence-electron chi connectivity index (χ3n) is 3.83. The summed E-state index contributed by atoms with van der Waals surface area (Å²) in [6.45, 7) is 7.78. The highest BCUT2D eigenvalue weighted by Crippen LogP contribution is 2.27. The number of ether oxygens (including phenoxy) is 1.